The SMILES string of the molecule is C1CCOC1.Cc1cc(C)c(-c2cccc(-c3c(C)cc(C)cc3C)c2[N-]N=[NH+]c2c(-c3c(C)cc(C)cc3C)cccc2-c2c(C)cc(C)cc2C)c(C)c1.[Li+].c1ccccc1. The maximum absolute atomic E-state index is 5.16. The summed E-state index contributed by atoms with van der Waals surface area (Å²) in [6.45, 7) is 28.3. The van der Waals surface area contributed by atoms with Gasteiger partial charge in [0.15, 0.2) is 0 Å². The van der Waals surface area contributed by atoms with Gasteiger partial charge in [0.05, 0.1) is 5.69 Å². The molecule has 1 aliphatic rings. The molecule has 0 unspecified atom stereocenters. The third-order valence-corrected chi connectivity index (χ3v) is 11.7. The minimum atomic E-state index is 0. The van der Waals surface area contributed by atoms with Crippen LogP contribution in [0, 0.1) is 83.1 Å². The summed E-state index contributed by atoms with van der Waals surface area (Å²) in [7, 11) is 0. The van der Waals surface area contributed by atoms with Gasteiger partial charge in [-0.3, -0.25) is 5.11 Å². The van der Waals surface area contributed by atoms with Crippen molar-refractivity contribution in [3.8, 4) is 44.5 Å². The van der Waals surface area contributed by atoms with E-state index in [0.717, 1.165) is 46.8 Å². The van der Waals surface area contributed by atoms with Crippen LogP contribution in [0.1, 0.15) is 79.6 Å². The third kappa shape index (κ3) is 11.8. The van der Waals surface area contributed by atoms with Gasteiger partial charge in [0.25, 0.3) is 0 Å². The molecule has 0 bridgehead atoms. The molecule has 1 aliphatic heterocycles. The molecule has 0 spiro atoms. The van der Waals surface area contributed by atoms with E-state index in [2.05, 4.69) is 173 Å². The van der Waals surface area contributed by atoms with Crippen LogP contribution in [0.4, 0.5) is 11.4 Å². The number of nitrogens with one attached hydrogen (secondary N) is 1. The monoisotopic (exact) mass is 827 g/mol. The number of aryl methyl sites for hydroxylation is 12. The first kappa shape index (κ1) is 48.5. The van der Waals surface area contributed by atoms with Crippen LogP contribution >= 0.6 is 0 Å². The number of nitrogens with zero attached hydrogens (tertiary/aromatic N) is 2. The van der Waals surface area contributed by atoms with E-state index in [1.54, 1.807) is 0 Å². The van der Waals surface area contributed by atoms with Gasteiger partial charge in [-0.1, -0.05) is 149 Å². The molecule has 0 aromatic heterocycles. The second kappa shape index (κ2) is 22.2. The number of para-hydroxylation sites is 1. The Morgan fingerprint density at radius 2 is 0.667 bits per heavy atom. The van der Waals surface area contributed by atoms with E-state index < -0.39 is 0 Å². The van der Waals surface area contributed by atoms with Crippen molar-refractivity contribution < 1.29 is 28.7 Å². The van der Waals surface area contributed by atoms with Crippen molar-refractivity contribution >= 4 is 11.4 Å². The maximum atomic E-state index is 5.16. The summed E-state index contributed by atoms with van der Waals surface area (Å²) in [5.41, 5.74) is 31.2. The number of rotatable bonds is 7. The van der Waals surface area contributed by atoms with Gasteiger partial charge in [-0.05, 0) is 163 Å². The van der Waals surface area contributed by atoms with Crippen LogP contribution in [0.25, 0.3) is 49.9 Å². The zero-order valence-electron chi connectivity index (χ0n) is 40.2. The number of hydrogen-bond donors (Lipinski definition) is 1. The molecule has 318 valence electrons. The molecule has 1 heterocycles. The zero-order chi connectivity index (χ0) is 44.5. The maximum Gasteiger partial charge on any atom is 1.00 e. The minimum Gasteiger partial charge on any atom is -0.381 e. The van der Waals surface area contributed by atoms with E-state index in [9.17, 15) is 0 Å². The molecular formula is C58H65LiN3O+. The Bertz CT molecular complexity index is 2430. The van der Waals surface area contributed by atoms with Crippen LogP contribution in [0.3, 0.4) is 0 Å². The van der Waals surface area contributed by atoms with Crippen molar-refractivity contribution in [2.24, 2.45) is 5.22 Å². The second-order valence-electron chi connectivity index (χ2n) is 17.3. The average Bonchev–Trinajstić information content (AvgIpc) is 3.80. The number of benzene rings is 7. The molecule has 7 aromatic carbocycles. The summed E-state index contributed by atoms with van der Waals surface area (Å²) in [4.78, 5) is 0. The molecule has 0 atom stereocenters. The van der Waals surface area contributed by atoms with Crippen molar-refractivity contribution in [3.05, 3.63) is 194 Å². The average molecular weight is 827 g/mol. The summed E-state index contributed by atoms with van der Waals surface area (Å²) in [6, 6.07) is 43.3. The number of hydrogen-bond acceptors (Lipinski definition) is 2. The minimum absolute atomic E-state index is 0. The van der Waals surface area contributed by atoms with Crippen molar-refractivity contribution in [1.29, 1.82) is 0 Å². The fourth-order valence-corrected chi connectivity index (χ4v) is 9.58. The van der Waals surface area contributed by atoms with Crippen LogP contribution in [0.5, 0.6) is 0 Å². The predicted molar refractivity (Wildman–Crippen MR) is 264 cm³/mol. The number of ether oxygens (including phenoxy) is 1. The van der Waals surface area contributed by atoms with Crippen molar-refractivity contribution in [2.75, 3.05) is 13.2 Å². The van der Waals surface area contributed by atoms with Gasteiger partial charge >= 0.3 is 18.9 Å². The first-order chi connectivity index (χ1) is 29.7. The Hall–Kier alpha value is -5.50. The third-order valence-electron chi connectivity index (χ3n) is 11.7. The molecule has 8 rings (SSSR count). The summed E-state index contributed by atoms with van der Waals surface area (Å²) < 4.78 is 4.94. The Morgan fingerprint density at radius 3 is 0.937 bits per heavy atom. The van der Waals surface area contributed by atoms with E-state index >= 15 is 0 Å². The first-order valence-corrected chi connectivity index (χ1v) is 22.1. The van der Waals surface area contributed by atoms with E-state index in [1.807, 2.05) is 36.4 Å². The summed E-state index contributed by atoms with van der Waals surface area (Å²) >= 11 is 0. The fourth-order valence-electron chi connectivity index (χ4n) is 9.58. The van der Waals surface area contributed by atoms with Gasteiger partial charge in [-0.25, -0.2) is 0 Å². The van der Waals surface area contributed by atoms with E-state index in [1.165, 1.54) is 102 Å². The topological polar surface area (TPSA) is 49.7 Å². The van der Waals surface area contributed by atoms with Crippen LogP contribution in [-0.4, -0.2) is 13.2 Å². The van der Waals surface area contributed by atoms with Crippen LogP contribution in [0.15, 0.2) is 127 Å². The summed E-state index contributed by atoms with van der Waals surface area (Å²) in [6.07, 6.45) is 2.56. The normalized spacial score (nSPS) is 11.9. The Kier molecular flexibility index (Phi) is 17.1. The molecule has 0 aliphatic carbocycles. The van der Waals surface area contributed by atoms with E-state index in [0.29, 0.717) is 0 Å². The zero-order valence-corrected chi connectivity index (χ0v) is 40.2. The molecule has 0 amide bonds. The van der Waals surface area contributed by atoms with Crippen LogP contribution in [-0.2, 0) is 4.74 Å². The van der Waals surface area contributed by atoms with Crippen LogP contribution < -0.4 is 24.0 Å². The molecule has 63 heavy (non-hydrogen) atoms. The van der Waals surface area contributed by atoms with Gasteiger partial charge in [-0.15, -0.1) is 5.43 Å². The molecular weight excluding hydrogens is 762 g/mol. The van der Waals surface area contributed by atoms with E-state index in [4.69, 9.17) is 15.4 Å². The summed E-state index contributed by atoms with van der Waals surface area (Å²) in [5.74, 6) is 0. The Labute approximate surface area is 390 Å². The first-order valence-electron chi connectivity index (χ1n) is 22.1. The Balaban J connectivity index is 0.000000542. The summed E-state index contributed by atoms with van der Waals surface area (Å²) in [5, 5.41) is 8.50. The fraction of sp³-hybridized carbons (Fsp3) is 0.276. The molecule has 7 aromatic rings. The van der Waals surface area contributed by atoms with Gasteiger partial charge in [0.2, 0.25) is 0 Å². The van der Waals surface area contributed by atoms with Crippen molar-refractivity contribution in [3.63, 3.8) is 0 Å². The van der Waals surface area contributed by atoms with Gasteiger partial charge in [0.1, 0.15) is 5.69 Å². The van der Waals surface area contributed by atoms with Crippen molar-refractivity contribution in [2.45, 2.75) is 95.9 Å². The van der Waals surface area contributed by atoms with Gasteiger partial charge in [-0.2, -0.15) is 0 Å². The molecule has 1 saturated heterocycles. The molecule has 5 heteroatoms. The second-order valence-corrected chi connectivity index (χ2v) is 17.3. The van der Waals surface area contributed by atoms with Crippen LogP contribution in [0.2, 0.25) is 0 Å². The Morgan fingerprint density at radius 1 is 0.397 bits per heavy atom. The van der Waals surface area contributed by atoms with Crippen molar-refractivity contribution in [1.82, 2.24) is 0 Å². The predicted octanol–water partition coefficient (Wildman–Crippen LogP) is 12.3. The van der Waals surface area contributed by atoms with Gasteiger partial charge < -0.3 is 4.74 Å². The molecule has 1 N–H and O–H groups in total. The smallest absolute Gasteiger partial charge is 0.381 e. The standard InChI is InChI=1S/C48H50N3.C6H6.C4H8O.Li/c1-27-19-31(5)43(32(6)20-27)39-15-13-16-40(44-33(7)21-28(2)22-34(44)8)47(39)49-51-50-48-41(45-35(9)23-29(3)24-36(45)10)17-14-18-42(48)46-37(11)25-30(4)26-38(46)12;1-2-4-6-5-3-1;1-2-4-5-3-1;/h13-26H,1-12H3;1-6H;1-4H2;/q-1;;;+1/p+1. The largest absolute Gasteiger partial charge is 1.00 e. The molecule has 0 radical (unpaired) electrons. The van der Waals surface area contributed by atoms with Gasteiger partial charge in [0, 0.05) is 35.5 Å². The quantitative estimate of drug-likeness (QED) is 0.0971. The molecule has 4 nitrogen and oxygen atoms in total. The van der Waals surface area contributed by atoms with E-state index in [-0.39, 0.29) is 18.9 Å². The molecule has 0 saturated carbocycles. The molecule has 1 fully saturated rings.